The zero-order valence-corrected chi connectivity index (χ0v) is 11.7. The van der Waals surface area contributed by atoms with Crippen LogP contribution in [0.3, 0.4) is 0 Å². The van der Waals surface area contributed by atoms with Crippen LogP contribution in [0, 0.1) is 5.92 Å². The molecule has 0 aliphatic carbocycles. The SMILES string of the molecule is COC(=O)C1CCN(C(=O)c2cccc(C(=O)O)c2)CC1. The van der Waals surface area contributed by atoms with E-state index in [-0.39, 0.29) is 23.4 Å². The molecule has 0 atom stereocenters. The molecule has 6 heteroatoms. The smallest absolute Gasteiger partial charge is 0.335 e. The van der Waals surface area contributed by atoms with Gasteiger partial charge in [0, 0.05) is 18.7 Å². The largest absolute Gasteiger partial charge is 0.478 e. The van der Waals surface area contributed by atoms with Crippen molar-refractivity contribution < 1.29 is 24.2 Å². The van der Waals surface area contributed by atoms with Gasteiger partial charge in [0.25, 0.3) is 5.91 Å². The Balaban J connectivity index is 2.03. The van der Waals surface area contributed by atoms with Gasteiger partial charge < -0.3 is 14.7 Å². The Kier molecular flexibility index (Phi) is 4.57. The minimum absolute atomic E-state index is 0.0882. The number of ether oxygens (including phenoxy) is 1. The maximum atomic E-state index is 12.3. The molecule has 0 spiro atoms. The molecule has 1 aromatic rings. The Bertz CT molecular complexity index is 561. The van der Waals surface area contributed by atoms with Crippen molar-refractivity contribution in [2.45, 2.75) is 12.8 Å². The van der Waals surface area contributed by atoms with Gasteiger partial charge in [-0.05, 0) is 31.0 Å². The summed E-state index contributed by atoms with van der Waals surface area (Å²) in [6.45, 7) is 0.936. The second-order valence-corrected chi connectivity index (χ2v) is 4.98. The topological polar surface area (TPSA) is 83.9 Å². The summed E-state index contributed by atoms with van der Waals surface area (Å²) in [6.07, 6.45) is 1.13. The summed E-state index contributed by atoms with van der Waals surface area (Å²) < 4.78 is 4.70. The van der Waals surface area contributed by atoms with Gasteiger partial charge in [-0.25, -0.2) is 4.79 Å². The maximum Gasteiger partial charge on any atom is 0.335 e. The fraction of sp³-hybridized carbons (Fsp3) is 0.400. The standard InChI is InChI=1S/C15H17NO5/c1-21-15(20)10-5-7-16(8-6-10)13(17)11-3-2-4-12(9-11)14(18)19/h2-4,9-10H,5-8H2,1H3,(H,18,19). The van der Waals surface area contributed by atoms with E-state index in [2.05, 4.69) is 0 Å². The number of carboxylic acid groups (broad SMARTS) is 1. The number of hydrogen-bond donors (Lipinski definition) is 1. The van der Waals surface area contributed by atoms with Gasteiger partial charge >= 0.3 is 11.9 Å². The van der Waals surface area contributed by atoms with E-state index >= 15 is 0 Å². The second kappa shape index (κ2) is 6.39. The number of methoxy groups -OCH3 is 1. The molecule has 6 nitrogen and oxygen atoms in total. The van der Waals surface area contributed by atoms with Gasteiger partial charge in [-0.1, -0.05) is 6.07 Å². The molecule has 1 fully saturated rings. The van der Waals surface area contributed by atoms with Gasteiger partial charge in [-0.15, -0.1) is 0 Å². The molecule has 1 amide bonds. The van der Waals surface area contributed by atoms with Crippen LogP contribution in [0.25, 0.3) is 0 Å². The monoisotopic (exact) mass is 291 g/mol. The van der Waals surface area contributed by atoms with Crippen molar-refractivity contribution in [3.05, 3.63) is 35.4 Å². The maximum absolute atomic E-state index is 12.3. The molecule has 0 bridgehead atoms. The highest BCUT2D eigenvalue weighted by molar-refractivity contribution is 5.97. The molecule has 0 saturated carbocycles. The molecule has 1 heterocycles. The average molecular weight is 291 g/mol. The van der Waals surface area contributed by atoms with Gasteiger partial charge in [-0.2, -0.15) is 0 Å². The normalized spacial score (nSPS) is 15.6. The van der Waals surface area contributed by atoms with E-state index in [9.17, 15) is 14.4 Å². The van der Waals surface area contributed by atoms with Crippen molar-refractivity contribution in [2.75, 3.05) is 20.2 Å². The molecule has 1 N–H and O–H groups in total. The number of hydrogen-bond acceptors (Lipinski definition) is 4. The molecule has 21 heavy (non-hydrogen) atoms. The minimum Gasteiger partial charge on any atom is -0.478 e. The predicted molar refractivity (Wildman–Crippen MR) is 74.0 cm³/mol. The van der Waals surface area contributed by atoms with Crippen LogP contribution in [0.4, 0.5) is 0 Å². The van der Waals surface area contributed by atoms with Crippen LogP contribution >= 0.6 is 0 Å². The first-order valence-corrected chi connectivity index (χ1v) is 6.73. The third kappa shape index (κ3) is 3.39. The van der Waals surface area contributed by atoms with Crippen molar-refractivity contribution in [2.24, 2.45) is 5.92 Å². The van der Waals surface area contributed by atoms with Crippen molar-refractivity contribution >= 4 is 17.8 Å². The zero-order chi connectivity index (χ0) is 15.4. The molecule has 0 unspecified atom stereocenters. The third-order valence-corrected chi connectivity index (χ3v) is 3.67. The second-order valence-electron chi connectivity index (χ2n) is 4.98. The van der Waals surface area contributed by atoms with E-state index in [0.717, 1.165) is 0 Å². The molecule has 2 rings (SSSR count). The molecular weight excluding hydrogens is 274 g/mol. The van der Waals surface area contributed by atoms with E-state index in [1.54, 1.807) is 17.0 Å². The summed E-state index contributed by atoms with van der Waals surface area (Å²) in [4.78, 5) is 36.3. The van der Waals surface area contributed by atoms with Crippen molar-refractivity contribution in [1.29, 1.82) is 0 Å². The zero-order valence-electron chi connectivity index (χ0n) is 11.7. The number of amides is 1. The van der Waals surface area contributed by atoms with E-state index in [1.165, 1.54) is 19.2 Å². The molecule has 0 radical (unpaired) electrons. The summed E-state index contributed by atoms with van der Waals surface area (Å²) in [5.41, 5.74) is 0.441. The van der Waals surface area contributed by atoms with Gasteiger partial charge in [0.05, 0.1) is 18.6 Å². The van der Waals surface area contributed by atoms with Crippen LogP contribution in [-0.4, -0.2) is 48.1 Å². The highest BCUT2D eigenvalue weighted by Crippen LogP contribution is 2.20. The van der Waals surface area contributed by atoms with E-state index in [1.807, 2.05) is 0 Å². The molecule has 1 saturated heterocycles. The average Bonchev–Trinajstić information content (AvgIpc) is 2.53. The fourth-order valence-electron chi connectivity index (χ4n) is 2.45. The number of carbonyl (C=O) groups excluding carboxylic acids is 2. The van der Waals surface area contributed by atoms with Crippen molar-refractivity contribution in [3.63, 3.8) is 0 Å². The third-order valence-electron chi connectivity index (χ3n) is 3.67. The number of carbonyl (C=O) groups is 3. The number of rotatable bonds is 3. The number of aromatic carboxylic acids is 1. The molecular formula is C15H17NO5. The van der Waals surface area contributed by atoms with E-state index in [0.29, 0.717) is 31.5 Å². The quantitative estimate of drug-likeness (QED) is 0.851. The Morgan fingerprint density at radius 2 is 1.81 bits per heavy atom. The van der Waals surface area contributed by atoms with Crippen molar-refractivity contribution in [3.8, 4) is 0 Å². The van der Waals surface area contributed by atoms with E-state index < -0.39 is 5.97 Å². The number of likely N-dealkylation sites (tertiary alicyclic amines) is 1. The summed E-state index contributed by atoms with van der Waals surface area (Å²) in [7, 11) is 1.36. The number of benzene rings is 1. The first kappa shape index (κ1) is 15.0. The Morgan fingerprint density at radius 3 is 2.38 bits per heavy atom. The van der Waals surface area contributed by atoms with Crippen LogP contribution in [0.5, 0.6) is 0 Å². The molecule has 1 aromatic carbocycles. The molecule has 1 aliphatic rings. The predicted octanol–water partition coefficient (Wildman–Crippen LogP) is 1.41. The lowest BCUT2D eigenvalue weighted by molar-refractivity contribution is -0.146. The summed E-state index contributed by atoms with van der Waals surface area (Å²) >= 11 is 0. The first-order valence-electron chi connectivity index (χ1n) is 6.73. The summed E-state index contributed by atoms with van der Waals surface area (Å²) in [5.74, 6) is -1.67. The lowest BCUT2D eigenvalue weighted by atomic mass is 9.96. The Morgan fingerprint density at radius 1 is 1.19 bits per heavy atom. The van der Waals surface area contributed by atoms with Crippen LogP contribution in [0.15, 0.2) is 24.3 Å². The fourth-order valence-corrected chi connectivity index (χ4v) is 2.45. The van der Waals surface area contributed by atoms with Crippen molar-refractivity contribution in [1.82, 2.24) is 4.90 Å². The lowest BCUT2D eigenvalue weighted by Gasteiger charge is -2.30. The van der Waals surface area contributed by atoms with E-state index in [4.69, 9.17) is 9.84 Å². The van der Waals surface area contributed by atoms with Crippen LogP contribution in [-0.2, 0) is 9.53 Å². The van der Waals surface area contributed by atoms with Gasteiger partial charge in [0.15, 0.2) is 0 Å². The van der Waals surface area contributed by atoms with Gasteiger partial charge in [0.2, 0.25) is 0 Å². The minimum atomic E-state index is -1.06. The van der Waals surface area contributed by atoms with Crippen LogP contribution in [0.1, 0.15) is 33.6 Å². The Labute approximate surface area is 122 Å². The molecule has 1 aliphatic heterocycles. The Hall–Kier alpha value is -2.37. The number of nitrogens with zero attached hydrogens (tertiary/aromatic N) is 1. The molecule has 112 valence electrons. The first-order chi connectivity index (χ1) is 10.0. The van der Waals surface area contributed by atoms with Gasteiger partial charge in [0.1, 0.15) is 0 Å². The van der Waals surface area contributed by atoms with Gasteiger partial charge in [-0.3, -0.25) is 9.59 Å². The number of piperidine rings is 1. The highest BCUT2D eigenvalue weighted by Gasteiger charge is 2.28. The van der Waals surface area contributed by atoms with Crippen LogP contribution < -0.4 is 0 Å². The summed E-state index contributed by atoms with van der Waals surface area (Å²) in [5, 5.41) is 8.95. The number of esters is 1. The molecule has 0 aromatic heterocycles. The summed E-state index contributed by atoms with van der Waals surface area (Å²) in [6, 6.07) is 5.97. The highest BCUT2D eigenvalue weighted by atomic mass is 16.5. The lowest BCUT2D eigenvalue weighted by Crippen LogP contribution is -2.40. The van der Waals surface area contributed by atoms with Crippen LogP contribution in [0.2, 0.25) is 0 Å². The number of carboxylic acids is 1.